The van der Waals surface area contributed by atoms with Gasteiger partial charge < -0.3 is 15.2 Å². The summed E-state index contributed by atoms with van der Waals surface area (Å²) in [6, 6.07) is 15.2. The molecule has 0 aliphatic rings. The first-order valence-corrected chi connectivity index (χ1v) is 7.93. The Morgan fingerprint density at radius 1 is 1.13 bits per heavy atom. The van der Waals surface area contributed by atoms with Gasteiger partial charge in [0.05, 0.1) is 12.2 Å². The molecule has 4 nitrogen and oxygen atoms in total. The van der Waals surface area contributed by atoms with Crippen LogP contribution in [-0.2, 0) is 6.54 Å². The molecule has 0 fully saturated rings. The monoisotopic (exact) mass is 313 g/mol. The molecule has 2 aromatic carbocycles. The lowest BCUT2D eigenvalue weighted by Crippen LogP contribution is -2.21. The van der Waals surface area contributed by atoms with Crippen molar-refractivity contribution in [3.8, 4) is 5.75 Å². The molecule has 0 amide bonds. The molecular weight excluding hydrogens is 290 g/mol. The van der Waals surface area contributed by atoms with Gasteiger partial charge in [0.1, 0.15) is 5.75 Å². The van der Waals surface area contributed by atoms with Gasteiger partial charge in [-0.2, -0.15) is 0 Å². The Morgan fingerprint density at radius 2 is 1.83 bits per heavy atom. The number of hydrogen-bond acceptors (Lipinski definition) is 3. The Balaban J connectivity index is 2.06. The molecule has 122 valence electrons. The molecule has 0 aromatic heterocycles. The number of nitrogens with one attached hydrogen (secondary N) is 1. The van der Waals surface area contributed by atoms with Crippen molar-refractivity contribution in [1.82, 2.24) is 5.32 Å². The molecular formula is C19H23NO3. The Bertz CT molecular complexity index is 637. The van der Waals surface area contributed by atoms with E-state index < -0.39 is 5.97 Å². The van der Waals surface area contributed by atoms with E-state index in [9.17, 15) is 4.79 Å². The predicted molar refractivity (Wildman–Crippen MR) is 90.9 cm³/mol. The first-order valence-electron chi connectivity index (χ1n) is 7.93. The summed E-state index contributed by atoms with van der Waals surface area (Å²) in [4.78, 5) is 10.9. The van der Waals surface area contributed by atoms with Gasteiger partial charge >= 0.3 is 5.97 Å². The lowest BCUT2D eigenvalue weighted by molar-refractivity contribution is 0.0697. The highest BCUT2D eigenvalue weighted by Gasteiger charge is 2.13. The second-order valence-electron chi connectivity index (χ2n) is 5.31. The first kappa shape index (κ1) is 17.0. The average Bonchev–Trinajstić information content (AvgIpc) is 2.57. The summed E-state index contributed by atoms with van der Waals surface area (Å²) in [5.41, 5.74) is 2.52. The molecule has 0 aliphatic carbocycles. The van der Waals surface area contributed by atoms with Crippen molar-refractivity contribution in [2.75, 3.05) is 6.61 Å². The molecule has 0 saturated heterocycles. The molecule has 0 saturated carbocycles. The van der Waals surface area contributed by atoms with Gasteiger partial charge in [0, 0.05) is 18.2 Å². The normalized spacial score (nSPS) is 11.9. The highest BCUT2D eigenvalue weighted by atomic mass is 16.5. The van der Waals surface area contributed by atoms with Gasteiger partial charge in [0.15, 0.2) is 0 Å². The SMILES string of the molecule is CCOc1ccccc1C(CC)NCc1ccc(C(=O)O)cc1. The van der Waals surface area contributed by atoms with Crippen molar-refractivity contribution in [3.05, 3.63) is 65.2 Å². The van der Waals surface area contributed by atoms with Crippen molar-refractivity contribution >= 4 is 5.97 Å². The van der Waals surface area contributed by atoms with Crippen LogP contribution in [0.25, 0.3) is 0 Å². The third-order valence-corrected chi connectivity index (χ3v) is 3.76. The third-order valence-electron chi connectivity index (χ3n) is 3.76. The maximum absolute atomic E-state index is 10.9. The molecule has 1 unspecified atom stereocenters. The quantitative estimate of drug-likeness (QED) is 0.772. The van der Waals surface area contributed by atoms with Crippen molar-refractivity contribution in [3.63, 3.8) is 0 Å². The van der Waals surface area contributed by atoms with E-state index >= 15 is 0 Å². The van der Waals surface area contributed by atoms with Crippen molar-refractivity contribution in [2.24, 2.45) is 0 Å². The Morgan fingerprint density at radius 3 is 2.43 bits per heavy atom. The third kappa shape index (κ3) is 4.57. The maximum Gasteiger partial charge on any atom is 0.335 e. The van der Waals surface area contributed by atoms with E-state index in [2.05, 4.69) is 18.3 Å². The fourth-order valence-electron chi connectivity index (χ4n) is 2.54. The number of ether oxygens (including phenoxy) is 1. The molecule has 0 spiro atoms. The minimum Gasteiger partial charge on any atom is -0.494 e. The molecule has 23 heavy (non-hydrogen) atoms. The van der Waals surface area contributed by atoms with Crippen LogP contribution < -0.4 is 10.1 Å². The number of carboxylic acid groups (broad SMARTS) is 1. The van der Waals surface area contributed by atoms with E-state index in [0.29, 0.717) is 18.7 Å². The van der Waals surface area contributed by atoms with Gasteiger partial charge in [-0.1, -0.05) is 37.3 Å². The predicted octanol–water partition coefficient (Wildman–Crippen LogP) is 4.02. The van der Waals surface area contributed by atoms with E-state index in [4.69, 9.17) is 9.84 Å². The van der Waals surface area contributed by atoms with E-state index in [1.165, 1.54) is 0 Å². The molecule has 0 heterocycles. The summed E-state index contributed by atoms with van der Waals surface area (Å²) >= 11 is 0. The van der Waals surface area contributed by atoms with E-state index in [-0.39, 0.29) is 6.04 Å². The minimum absolute atomic E-state index is 0.192. The summed E-state index contributed by atoms with van der Waals surface area (Å²) < 4.78 is 5.71. The van der Waals surface area contributed by atoms with Crippen LogP contribution in [0.4, 0.5) is 0 Å². The summed E-state index contributed by atoms with van der Waals surface area (Å²) in [6.45, 7) is 5.44. The second kappa shape index (κ2) is 8.34. The van der Waals surface area contributed by atoms with Gasteiger partial charge in [-0.05, 0) is 37.1 Å². The molecule has 1 atom stereocenters. The zero-order chi connectivity index (χ0) is 16.7. The number of carbonyl (C=O) groups is 1. The fraction of sp³-hybridized carbons (Fsp3) is 0.316. The van der Waals surface area contributed by atoms with Crippen LogP contribution in [0.5, 0.6) is 5.75 Å². The van der Waals surface area contributed by atoms with Gasteiger partial charge in [0.2, 0.25) is 0 Å². The summed E-state index contributed by atoms with van der Waals surface area (Å²) in [6.07, 6.45) is 0.942. The molecule has 4 heteroatoms. The second-order valence-corrected chi connectivity index (χ2v) is 5.31. The van der Waals surface area contributed by atoms with Crippen LogP contribution >= 0.6 is 0 Å². The van der Waals surface area contributed by atoms with Gasteiger partial charge in [-0.3, -0.25) is 0 Å². The van der Waals surface area contributed by atoms with E-state index in [0.717, 1.165) is 23.3 Å². The number of benzene rings is 2. The van der Waals surface area contributed by atoms with Crippen LogP contribution in [0.1, 0.15) is 47.8 Å². The van der Waals surface area contributed by atoms with E-state index in [1.54, 1.807) is 12.1 Å². The highest BCUT2D eigenvalue weighted by Crippen LogP contribution is 2.27. The maximum atomic E-state index is 10.9. The molecule has 2 aromatic rings. The number of hydrogen-bond donors (Lipinski definition) is 2. The molecule has 0 radical (unpaired) electrons. The molecule has 2 N–H and O–H groups in total. The van der Waals surface area contributed by atoms with Crippen molar-refractivity contribution < 1.29 is 14.6 Å². The van der Waals surface area contributed by atoms with Crippen LogP contribution in [0.2, 0.25) is 0 Å². The smallest absolute Gasteiger partial charge is 0.335 e. The average molecular weight is 313 g/mol. The molecule has 0 aliphatic heterocycles. The highest BCUT2D eigenvalue weighted by molar-refractivity contribution is 5.87. The van der Waals surface area contributed by atoms with Crippen LogP contribution in [0.15, 0.2) is 48.5 Å². The summed E-state index contributed by atoms with van der Waals surface area (Å²) in [7, 11) is 0. The first-order chi connectivity index (χ1) is 11.2. The lowest BCUT2D eigenvalue weighted by Gasteiger charge is -2.20. The zero-order valence-corrected chi connectivity index (χ0v) is 13.6. The van der Waals surface area contributed by atoms with Gasteiger partial charge in [-0.25, -0.2) is 4.79 Å². The minimum atomic E-state index is -0.901. The standard InChI is InChI=1S/C19H23NO3/c1-3-17(16-7-5-6-8-18(16)23-4-2)20-13-14-9-11-15(12-10-14)19(21)22/h5-12,17,20H,3-4,13H2,1-2H3,(H,21,22). The zero-order valence-electron chi connectivity index (χ0n) is 13.6. The van der Waals surface area contributed by atoms with Crippen molar-refractivity contribution in [1.29, 1.82) is 0 Å². The Hall–Kier alpha value is -2.33. The Kier molecular flexibility index (Phi) is 6.18. The number of aromatic carboxylic acids is 1. The van der Waals surface area contributed by atoms with Crippen molar-refractivity contribution in [2.45, 2.75) is 32.9 Å². The van der Waals surface area contributed by atoms with Gasteiger partial charge in [-0.15, -0.1) is 0 Å². The molecule has 0 bridgehead atoms. The summed E-state index contributed by atoms with van der Waals surface area (Å²) in [5, 5.41) is 12.5. The topological polar surface area (TPSA) is 58.6 Å². The van der Waals surface area contributed by atoms with Crippen LogP contribution in [0, 0.1) is 0 Å². The Labute approximate surface area is 137 Å². The summed E-state index contributed by atoms with van der Waals surface area (Å²) in [5.74, 6) is 0.0113. The largest absolute Gasteiger partial charge is 0.494 e. The van der Waals surface area contributed by atoms with Crippen LogP contribution in [0.3, 0.4) is 0 Å². The lowest BCUT2D eigenvalue weighted by atomic mass is 10.0. The number of para-hydroxylation sites is 1. The van der Waals surface area contributed by atoms with Gasteiger partial charge in [0.25, 0.3) is 0 Å². The van der Waals surface area contributed by atoms with Crippen LogP contribution in [-0.4, -0.2) is 17.7 Å². The number of rotatable bonds is 8. The fourth-order valence-corrected chi connectivity index (χ4v) is 2.54. The molecule has 2 rings (SSSR count). The van der Waals surface area contributed by atoms with E-state index in [1.807, 2.05) is 37.3 Å². The number of carboxylic acids is 1.